The Labute approximate surface area is 253 Å². The first-order valence-corrected chi connectivity index (χ1v) is 15.7. The van der Waals surface area contributed by atoms with Crippen LogP contribution in [0, 0.1) is 54.8 Å². The van der Waals surface area contributed by atoms with Crippen molar-refractivity contribution in [3.05, 3.63) is 107 Å². The van der Waals surface area contributed by atoms with Crippen LogP contribution in [0.15, 0.2) is 85.0 Å². The van der Waals surface area contributed by atoms with Gasteiger partial charge >= 0.3 is 11.9 Å². The van der Waals surface area contributed by atoms with Crippen molar-refractivity contribution >= 4 is 11.9 Å². The fraction of sp³-hybridized carbons (Fsp3) is 0.459. The Morgan fingerprint density at radius 1 is 0.628 bits per heavy atom. The van der Waals surface area contributed by atoms with Gasteiger partial charge in [-0.15, -0.1) is 0 Å². The number of aryl methyl sites for hydroxylation is 2. The van der Waals surface area contributed by atoms with Gasteiger partial charge in [0.15, 0.2) is 12.5 Å². The minimum Gasteiger partial charge on any atom is -0.443 e. The van der Waals surface area contributed by atoms with E-state index in [2.05, 4.69) is 111 Å². The summed E-state index contributed by atoms with van der Waals surface area (Å²) in [7, 11) is 4.17. The molecule has 6 nitrogen and oxygen atoms in total. The Morgan fingerprint density at radius 2 is 1.02 bits per heavy atom. The molecule has 220 valence electrons. The third-order valence-electron chi connectivity index (χ3n) is 12.8. The quantitative estimate of drug-likeness (QED) is 0.388. The number of fused-ring (bicyclic) bond motifs is 2. The van der Waals surface area contributed by atoms with Gasteiger partial charge in [0.25, 0.3) is 0 Å². The SMILES string of the molecule is Cc1ccc(C23CN(C)C4OC(=O)/C=C\C(=O)OC5C6C7C=CC(C6(c6ccc(C)cc6)CN5C)C75C(C=CC25)C43)cc1. The highest BCUT2D eigenvalue weighted by Gasteiger charge is 2.85. The molecule has 2 saturated heterocycles. The average molecular weight is 575 g/mol. The molecule has 2 aromatic carbocycles. The molecule has 10 atom stereocenters. The highest BCUT2D eigenvalue weighted by molar-refractivity contribution is 5.92. The molecule has 4 fully saturated rings. The van der Waals surface area contributed by atoms with Crippen molar-refractivity contribution in [2.45, 2.75) is 37.1 Å². The zero-order valence-electron chi connectivity index (χ0n) is 25.1. The van der Waals surface area contributed by atoms with E-state index in [1.54, 1.807) is 0 Å². The molecule has 9 rings (SSSR count). The fourth-order valence-corrected chi connectivity index (χ4v) is 11.8. The van der Waals surface area contributed by atoms with Crippen molar-refractivity contribution in [2.24, 2.45) is 40.9 Å². The highest BCUT2D eigenvalue weighted by Crippen LogP contribution is 2.83. The molecule has 0 aromatic heterocycles. The molecular formula is C37H38N2O4. The lowest BCUT2D eigenvalue weighted by molar-refractivity contribution is -0.156. The molecule has 3 aliphatic heterocycles. The van der Waals surface area contributed by atoms with Crippen LogP contribution in [0.5, 0.6) is 0 Å². The predicted octanol–water partition coefficient (Wildman–Crippen LogP) is 4.53. The summed E-state index contributed by atoms with van der Waals surface area (Å²) in [6.45, 7) is 5.91. The summed E-state index contributed by atoms with van der Waals surface area (Å²) in [6, 6.07) is 18.2. The van der Waals surface area contributed by atoms with Crippen LogP contribution in [-0.4, -0.2) is 61.4 Å². The van der Waals surface area contributed by atoms with Crippen molar-refractivity contribution in [1.29, 1.82) is 0 Å². The lowest BCUT2D eigenvalue weighted by Gasteiger charge is -2.45. The van der Waals surface area contributed by atoms with Crippen LogP contribution in [0.2, 0.25) is 0 Å². The van der Waals surface area contributed by atoms with Gasteiger partial charge in [-0.1, -0.05) is 84.0 Å². The summed E-state index contributed by atoms with van der Waals surface area (Å²) >= 11 is 0. The van der Waals surface area contributed by atoms with Crippen LogP contribution in [-0.2, 0) is 29.9 Å². The Balaban J connectivity index is 1.32. The minimum atomic E-state index is -0.492. The number of hydrogen-bond acceptors (Lipinski definition) is 6. The normalized spacial score (nSPS) is 46.0. The largest absolute Gasteiger partial charge is 0.443 e. The number of rotatable bonds is 2. The second-order valence-electron chi connectivity index (χ2n) is 14.5. The Morgan fingerprint density at radius 3 is 1.42 bits per heavy atom. The van der Waals surface area contributed by atoms with Gasteiger partial charge in [-0.25, -0.2) is 9.59 Å². The number of esters is 2. The standard InChI is InChI=1S/C37H38N2O4/c1-21-5-9-23(10-6-21)35-19-38(3)33-31(35)25-13-15-27(35)37(25)26-14-16-28(37)36(24-11-7-22(2)8-12-24)20-39(4)34(32(26)36)43-30(41)18-17-29(40)42-33/h5-18,25-28,31-34H,19-20H2,1-4H3/b18-17-. The molecule has 0 radical (unpaired) electrons. The lowest BCUT2D eigenvalue weighted by atomic mass is 9.59. The van der Waals surface area contributed by atoms with Crippen LogP contribution < -0.4 is 0 Å². The van der Waals surface area contributed by atoms with Crippen molar-refractivity contribution in [3.8, 4) is 0 Å². The van der Waals surface area contributed by atoms with Crippen molar-refractivity contribution in [3.63, 3.8) is 0 Å². The summed E-state index contributed by atoms with van der Waals surface area (Å²) < 4.78 is 12.6. The van der Waals surface area contributed by atoms with E-state index < -0.39 is 11.9 Å². The monoisotopic (exact) mass is 574 g/mol. The summed E-state index contributed by atoms with van der Waals surface area (Å²) in [5.41, 5.74) is 4.68. The van der Waals surface area contributed by atoms with Crippen LogP contribution in [0.3, 0.4) is 0 Å². The molecule has 2 saturated carbocycles. The van der Waals surface area contributed by atoms with Gasteiger partial charge in [0.1, 0.15) is 0 Å². The number of nitrogens with zero attached hydrogens (tertiary/aromatic N) is 2. The van der Waals surface area contributed by atoms with E-state index in [-0.39, 0.29) is 64.2 Å². The number of benzene rings is 2. The number of likely N-dealkylation sites (tertiary alicyclic amines) is 2. The van der Waals surface area contributed by atoms with Gasteiger partial charge in [0.05, 0.1) is 0 Å². The maximum absolute atomic E-state index is 13.2. The number of allylic oxidation sites excluding steroid dienone is 4. The van der Waals surface area contributed by atoms with Gasteiger partial charge in [-0.2, -0.15) is 0 Å². The van der Waals surface area contributed by atoms with Gasteiger partial charge in [-0.3, -0.25) is 9.80 Å². The predicted molar refractivity (Wildman–Crippen MR) is 162 cm³/mol. The minimum absolute atomic E-state index is 0.0928. The molecule has 3 heterocycles. The zero-order chi connectivity index (χ0) is 29.5. The number of hydrogen-bond donors (Lipinski definition) is 0. The van der Waals surface area contributed by atoms with Gasteiger partial charge in [0, 0.05) is 47.9 Å². The van der Waals surface area contributed by atoms with E-state index in [0.29, 0.717) is 0 Å². The summed E-state index contributed by atoms with van der Waals surface area (Å²) in [5, 5.41) is 0. The summed E-state index contributed by atoms with van der Waals surface area (Å²) in [4.78, 5) is 30.9. The summed E-state index contributed by atoms with van der Waals surface area (Å²) in [5.74, 6) is 0.141. The molecule has 10 unspecified atom stereocenters. The lowest BCUT2D eigenvalue weighted by Crippen LogP contribution is -2.47. The van der Waals surface area contributed by atoms with Crippen LogP contribution >= 0.6 is 0 Å². The van der Waals surface area contributed by atoms with Crippen molar-refractivity contribution in [1.82, 2.24) is 9.80 Å². The number of ether oxygens (including phenoxy) is 2. The van der Waals surface area contributed by atoms with Crippen LogP contribution in [0.4, 0.5) is 0 Å². The van der Waals surface area contributed by atoms with Crippen LogP contribution in [0.1, 0.15) is 22.3 Å². The van der Waals surface area contributed by atoms with E-state index in [4.69, 9.17) is 9.47 Å². The number of carbonyl (C=O) groups is 2. The topological polar surface area (TPSA) is 59.1 Å². The maximum atomic E-state index is 13.2. The van der Waals surface area contributed by atoms with E-state index in [1.165, 1.54) is 34.4 Å². The zero-order valence-corrected chi connectivity index (χ0v) is 25.1. The fourth-order valence-electron chi connectivity index (χ4n) is 11.8. The van der Waals surface area contributed by atoms with Gasteiger partial charge < -0.3 is 9.47 Å². The first-order chi connectivity index (χ1) is 20.7. The molecule has 1 spiro atoms. The Bertz CT molecular complexity index is 1520. The van der Waals surface area contributed by atoms with Crippen molar-refractivity contribution in [2.75, 3.05) is 27.2 Å². The second-order valence-corrected chi connectivity index (χ2v) is 14.5. The van der Waals surface area contributed by atoms with Gasteiger partial charge in [-0.05, 0) is 68.2 Å². The molecule has 43 heavy (non-hydrogen) atoms. The van der Waals surface area contributed by atoms with Gasteiger partial charge in [0.2, 0.25) is 0 Å². The molecule has 0 amide bonds. The summed E-state index contributed by atoms with van der Waals surface area (Å²) in [6.07, 6.45) is 11.7. The molecule has 7 bridgehead atoms. The molecule has 0 N–H and O–H groups in total. The number of likely N-dealkylation sites (N-methyl/N-ethyl adjacent to an activating group) is 2. The Hall–Kier alpha value is -3.48. The second kappa shape index (κ2) is 8.36. The maximum Gasteiger partial charge on any atom is 0.332 e. The van der Waals surface area contributed by atoms with E-state index >= 15 is 0 Å². The molecule has 7 aliphatic rings. The van der Waals surface area contributed by atoms with E-state index in [1.807, 2.05) is 0 Å². The molecular weight excluding hydrogens is 536 g/mol. The number of carbonyl (C=O) groups excluding carboxylic acids is 2. The average Bonchev–Trinajstić information content (AvgIpc) is 3.79. The van der Waals surface area contributed by atoms with E-state index in [0.717, 1.165) is 13.1 Å². The Kier molecular flexibility index (Phi) is 5.05. The molecule has 2 aromatic rings. The third kappa shape index (κ3) is 2.88. The molecule has 4 aliphatic carbocycles. The molecule has 6 heteroatoms. The smallest absolute Gasteiger partial charge is 0.332 e. The first kappa shape index (κ1) is 26.0. The first-order valence-electron chi connectivity index (χ1n) is 15.7. The van der Waals surface area contributed by atoms with Crippen molar-refractivity contribution < 1.29 is 19.1 Å². The third-order valence-corrected chi connectivity index (χ3v) is 12.8. The van der Waals surface area contributed by atoms with Crippen LogP contribution in [0.25, 0.3) is 0 Å². The highest BCUT2D eigenvalue weighted by atomic mass is 16.6. The van der Waals surface area contributed by atoms with E-state index in [9.17, 15) is 9.59 Å².